The molecular weight excluding hydrogens is 432 g/mol. The SMILES string of the molecule is FC(F)(F)c1ccccc1NC(=S)Nc1cnn(Cc2c(Cl)cccc2Cl)c1. The van der Waals surface area contributed by atoms with Crippen LogP contribution in [0.1, 0.15) is 11.1 Å². The number of nitrogens with one attached hydrogen (secondary N) is 2. The molecule has 0 spiro atoms. The summed E-state index contributed by atoms with van der Waals surface area (Å²) in [6, 6.07) is 10.3. The molecule has 3 rings (SSSR count). The smallest absolute Gasteiger partial charge is 0.332 e. The summed E-state index contributed by atoms with van der Waals surface area (Å²) in [4.78, 5) is 0. The summed E-state index contributed by atoms with van der Waals surface area (Å²) in [5.74, 6) is 0. The average molecular weight is 445 g/mol. The van der Waals surface area contributed by atoms with Crippen molar-refractivity contribution in [3.63, 3.8) is 0 Å². The van der Waals surface area contributed by atoms with Gasteiger partial charge in [0.05, 0.1) is 29.7 Å². The van der Waals surface area contributed by atoms with Gasteiger partial charge in [-0.1, -0.05) is 41.4 Å². The van der Waals surface area contributed by atoms with E-state index in [0.717, 1.165) is 6.07 Å². The zero-order valence-corrected chi connectivity index (χ0v) is 16.4. The minimum absolute atomic E-state index is 0.00651. The first-order valence-electron chi connectivity index (χ1n) is 7.93. The molecule has 0 unspecified atom stereocenters. The molecule has 2 aromatic carbocycles. The predicted molar refractivity (Wildman–Crippen MR) is 109 cm³/mol. The summed E-state index contributed by atoms with van der Waals surface area (Å²) in [6.07, 6.45) is -1.35. The van der Waals surface area contributed by atoms with Gasteiger partial charge in [-0.25, -0.2) is 0 Å². The van der Waals surface area contributed by atoms with Gasteiger partial charge in [-0.2, -0.15) is 18.3 Å². The molecule has 1 aromatic heterocycles. The first-order chi connectivity index (χ1) is 13.2. The molecule has 28 heavy (non-hydrogen) atoms. The summed E-state index contributed by atoms with van der Waals surface area (Å²) in [5.41, 5.74) is 0.274. The largest absolute Gasteiger partial charge is 0.418 e. The second-order valence-electron chi connectivity index (χ2n) is 5.75. The Kier molecular flexibility index (Phi) is 6.12. The van der Waals surface area contributed by atoms with Gasteiger partial charge in [0.2, 0.25) is 0 Å². The standard InChI is InChI=1S/C18H13Cl2F3N4S/c19-14-5-3-6-15(20)12(14)10-27-9-11(8-24-27)25-17(28)26-16-7-2-1-4-13(16)18(21,22)23/h1-9H,10H2,(H2,25,26,28). The Bertz CT molecular complexity index is 984. The number of anilines is 2. The molecule has 2 N–H and O–H groups in total. The molecule has 0 aliphatic carbocycles. The van der Waals surface area contributed by atoms with Crippen LogP contribution in [-0.2, 0) is 12.7 Å². The van der Waals surface area contributed by atoms with E-state index in [1.807, 2.05) is 0 Å². The third-order valence-corrected chi connectivity index (χ3v) is 4.67. The van der Waals surface area contributed by atoms with Crippen LogP contribution in [0, 0.1) is 0 Å². The number of halogens is 5. The van der Waals surface area contributed by atoms with Crippen LogP contribution >= 0.6 is 35.4 Å². The number of rotatable bonds is 4. The quantitative estimate of drug-likeness (QED) is 0.479. The van der Waals surface area contributed by atoms with E-state index >= 15 is 0 Å². The van der Waals surface area contributed by atoms with Crippen molar-refractivity contribution in [1.29, 1.82) is 0 Å². The number of hydrogen-bond donors (Lipinski definition) is 2. The number of thiocarbonyl (C=S) groups is 1. The van der Waals surface area contributed by atoms with Crippen LogP contribution in [0.4, 0.5) is 24.5 Å². The molecule has 0 saturated heterocycles. The molecule has 0 bridgehead atoms. The van der Waals surface area contributed by atoms with Gasteiger partial charge >= 0.3 is 6.18 Å². The van der Waals surface area contributed by atoms with E-state index < -0.39 is 11.7 Å². The Morgan fingerprint density at radius 3 is 2.39 bits per heavy atom. The van der Waals surface area contributed by atoms with Crippen LogP contribution in [0.25, 0.3) is 0 Å². The zero-order valence-electron chi connectivity index (χ0n) is 14.1. The molecule has 146 valence electrons. The van der Waals surface area contributed by atoms with Crippen LogP contribution in [-0.4, -0.2) is 14.9 Å². The summed E-state index contributed by atoms with van der Waals surface area (Å²) < 4.78 is 40.8. The normalized spacial score (nSPS) is 11.3. The highest BCUT2D eigenvalue weighted by Crippen LogP contribution is 2.34. The highest BCUT2D eigenvalue weighted by molar-refractivity contribution is 7.80. The predicted octanol–water partition coefficient (Wildman–Crippen LogP) is 6.07. The average Bonchev–Trinajstić information content (AvgIpc) is 3.04. The van der Waals surface area contributed by atoms with Crippen molar-refractivity contribution < 1.29 is 13.2 Å². The molecule has 1 heterocycles. The van der Waals surface area contributed by atoms with E-state index in [9.17, 15) is 13.2 Å². The van der Waals surface area contributed by atoms with Gasteiger partial charge in [-0.15, -0.1) is 0 Å². The van der Waals surface area contributed by atoms with E-state index in [0.29, 0.717) is 27.8 Å². The molecule has 0 amide bonds. The lowest BCUT2D eigenvalue weighted by Gasteiger charge is -2.15. The molecule has 0 fully saturated rings. The third kappa shape index (κ3) is 4.95. The number of hydrogen-bond acceptors (Lipinski definition) is 2. The molecule has 0 aliphatic rings. The van der Waals surface area contributed by atoms with Gasteiger partial charge in [0, 0.05) is 21.8 Å². The van der Waals surface area contributed by atoms with Crippen molar-refractivity contribution in [1.82, 2.24) is 9.78 Å². The number of aromatic nitrogens is 2. The zero-order chi connectivity index (χ0) is 20.3. The minimum Gasteiger partial charge on any atom is -0.332 e. The second kappa shape index (κ2) is 8.38. The van der Waals surface area contributed by atoms with Gasteiger partial charge in [-0.05, 0) is 36.5 Å². The lowest BCUT2D eigenvalue weighted by atomic mass is 10.1. The molecule has 3 aromatic rings. The molecular formula is C18H13Cl2F3N4S. The van der Waals surface area contributed by atoms with E-state index in [4.69, 9.17) is 35.4 Å². The maximum atomic E-state index is 13.1. The van der Waals surface area contributed by atoms with Gasteiger partial charge in [0.1, 0.15) is 0 Å². The second-order valence-corrected chi connectivity index (χ2v) is 6.97. The van der Waals surface area contributed by atoms with Crippen LogP contribution < -0.4 is 10.6 Å². The molecule has 0 saturated carbocycles. The van der Waals surface area contributed by atoms with Gasteiger partial charge in [-0.3, -0.25) is 4.68 Å². The van der Waals surface area contributed by atoms with Crippen molar-refractivity contribution in [3.05, 3.63) is 76.0 Å². The van der Waals surface area contributed by atoms with Crippen molar-refractivity contribution in [2.24, 2.45) is 0 Å². The summed E-state index contributed by atoms with van der Waals surface area (Å²) in [6.45, 7) is 0.331. The third-order valence-electron chi connectivity index (χ3n) is 3.75. The highest BCUT2D eigenvalue weighted by Gasteiger charge is 2.33. The topological polar surface area (TPSA) is 41.9 Å². The van der Waals surface area contributed by atoms with Crippen LogP contribution in [0.5, 0.6) is 0 Å². The lowest BCUT2D eigenvalue weighted by Crippen LogP contribution is -2.21. The Morgan fingerprint density at radius 2 is 1.71 bits per heavy atom. The number of nitrogens with zero attached hydrogens (tertiary/aromatic N) is 2. The minimum atomic E-state index is -4.49. The maximum absolute atomic E-state index is 13.1. The van der Waals surface area contributed by atoms with Gasteiger partial charge < -0.3 is 10.6 Å². The van der Waals surface area contributed by atoms with Crippen molar-refractivity contribution in [2.75, 3.05) is 10.6 Å². The molecule has 0 radical (unpaired) electrons. The fourth-order valence-corrected chi connectivity index (χ4v) is 3.23. The van der Waals surface area contributed by atoms with Crippen molar-refractivity contribution in [2.45, 2.75) is 12.7 Å². The molecule has 10 heteroatoms. The van der Waals surface area contributed by atoms with E-state index in [2.05, 4.69) is 15.7 Å². The van der Waals surface area contributed by atoms with Crippen molar-refractivity contribution in [3.8, 4) is 0 Å². The first-order valence-corrected chi connectivity index (χ1v) is 9.10. The Morgan fingerprint density at radius 1 is 1.04 bits per heavy atom. The fourth-order valence-electron chi connectivity index (χ4n) is 2.48. The number of benzene rings is 2. The molecule has 4 nitrogen and oxygen atoms in total. The van der Waals surface area contributed by atoms with Crippen molar-refractivity contribution >= 4 is 51.9 Å². The van der Waals surface area contributed by atoms with Crippen LogP contribution in [0.15, 0.2) is 54.9 Å². The highest BCUT2D eigenvalue weighted by atomic mass is 35.5. The van der Waals surface area contributed by atoms with Gasteiger partial charge in [0.15, 0.2) is 5.11 Å². The first kappa shape index (κ1) is 20.4. The Balaban J connectivity index is 1.68. The summed E-state index contributed by atoms with van der Waals surface area (Å²) in [7, 11) is 0. The van der Waals surface area contributed by atoms with Gasteiger partial charge in [0.25, 0.3) is 0 Å². The number of alkyl halides is 3. The molecule has 0 aliphatic heterocycles. The summed E-state index contributed by atoms with van der Waals surface area (Å²) >= 11 is 17.4. The van der Waals surface area contributed by atoms with Crippen LogP contribution in [0.3, 0.4) is 0 Å². The summed E-state index contributed by atoms with van der Waals surface area (Å²) in [5, 5.41) is 10.6. The van der Waals surface area contributed by atoms with E-state index in [-0.39, 0.29) is 10.8 Å². The maximum Gasteiger partial charge on any atom is 0.418 e. The van der Waals surface area contributed by atoms with E-state index in [1.165, 1.54) is 24.4 Å². The monoisotopic (exact) mass is 444 g/mol. The Hall–Kier alpha value is -2.29. The Labute approximate surface area is 174 Å². The fraction of sp³-hybridized carbons (Fsp3) is 0.111. The molecule has 0 atom stereocenters. The van der Waals surface area contributed by atoms with E-state index in [1.54, 1.807) is 29.1 Å². The lowest BCUT2D eigenvalue weighted by molar-refractivity contribution is -0.136. The number of para-hydroxylation sites is 1. The van der Waals surface area contributed by atoms with Crippen LogP contribution in [0.2, 0.25) is 10.0 Å².